The molecule has 0 nitrogen and oxygen atoms in total. The van der Waals surface area contributed by atoms with E-state index in [2.05, 4.69) is 24.1 Å². The van der Waals surface area contributed by atoms with Gasteiger partial charge >= 0.3 is 50.3 Å². The van der Waals surface area contributed by atoms with E-state index in [0.29, 0.717) is 0 Å². The van der Waals surface area contributed by atoms with Gasteiger partial charge in [-0.2, -0.15) is 0 Å². The van der Waals surface area contributed by atoms with E-state index < -0.39 is 0 Å². The van der Waals surface area contributed by atoms with Crippen LogP contribution in [0, 0.1) is 0 Å². The minimum atomic E-state index is -0.185. The molecule has 6 heteroatoms. The van der Waals surface area contributed by atoms with Crippen LogP contribution in [0.1, 0.15) is 0 Å². The van der Waals surface area contributed by atoms with Gasteiger partial charge in [-0.25, -0.2) is 0 Å². The van der Waals surface area contributed by atoms with Gasteiger partial charge < -0.3 is 0 Å². The zero-order valence-corrected chi connectivity index (χ0v) is 4.76. The van der Waals surface area contributed by atoms with Crippen LogP contribution in [-0.4, -0.2) is 26.2 Å². The SMILES string of the molecule is [B]B(B=S)B=S. The Labute approximate surface area is 50.7 Å². The van der Waals surface area contributed by atoms with E-state index in [1.807, 2.05) is 0 Å². The molecule has 0 saturated heterocycles. The van der Waals surface area contributed by atoms with Crippen molar-refractivity contribution in [3.8, 4) is 0 Å². The van der Waals surface area contributed by atoms with Gasteiger partial charge in [0.25, 0.3) is 0 Å². The molecule has 0 aliphatic carbocycles. The second-order valence-corrected chi connectivity index (χ2v) is 1.39. The van der Waals surface area contributed by atoms with E-state index in [0.717, 1.165) is 0 Å². The van der Waals surface area contributed by atoms with E-state index in [9.17, 15) is 0 Å². The Morgan fingerprint density at radius 3 is 1.67 bits per heavy atom. The maximum atomic E-state index is 5.15. The van der Waals surface area contributed by atoms with Gasteiger partial charge in [-0.3, -0.25) is 0 Å². The molecule has 0 aromatic rings. The number of rotatable bonds is 2. The molecule has 0 aliphatic rings. The summed E-state index contributed by atoms with van der Waals surface area (Å²) in [6, 6.07) is 2.85. The average molecular weight is 107 g/mol. The summed E-state index contributed by atoms with van der Waals surface area (Å²) in [6.07, 6.45) is -0.185. The summed E-state index contributed by atoms with van der Waals surface area (Å²) in [6.45, 7) is 0. The van der Waals surface area contributed by atoms with Crippen molar-refractivity contribution in [2.45, 2.75) is 0 Å². The van der Waals surface area contributed by atoms with E-state index in [1.165, 1.54) is 12.1 Å². The van der Waals surface area contributed by atoms with E-state index >= 15 is 0 Å². The first-order chi connectivity index (χ1) is 2.81. The predicted octanol–water partition coefficient (Wildman–Crippen LogP) is -0.227. The van der Waals surface area contributed by atoms with Crippen LogP contribution in [0.5, 0.6) is 0 Å². The van der Waals surface area contributed by atoms with Crippen molar-refractivity contribution >= 4 is 50.3 Å². The molecule has 0 amide bonds. The van der Waals surface area contributed by atoms with Crippen molar-refractivity contribution in [2.24, 2.45) is 0 Å². The first kappa shape index (κ1) is 6.70. The standard InChI is InChI=1S/B4S2/c1-4(2-5)3-6. The predicted molar refractivity (Wildman–Crippen MR) is 38.2 cm³/mol. The summed E-state index contributed by atoms with van der Waals surface area (Å²) in [5.74, 6) is 0. The van der Waals surface area contributed by atoms with Gasteiger partial charge in [-0.15, -0.1) is 0 Å². The Morgan fingerprint density at radius 1 is 1.33 bits per heavy atom. The normalized spacial score (nSPS) is 5.33. The average Bonchev–Trinajstić information content (AvgIpc) is 1.65. The summed E-state index contributed by atoms with van der Waals surface area (Å²) in [5.41, 5.74) is 0. The number of hydrogen-bond donors (Lipinski definition) is 0. The minimum absolute atomic E-state index is 0.185. The van der Waals surface area contributed by atoms with Crippen LogP contribution in [0.4, 0.5) is 0 Å². The van der Waals surface area contributed by atoms with Crippen molar-refractivity contribution in [1.82, 2.24) is 0 Å². The third kappa shape index (κ3) is 2.91. The van der Waals surface area contributed by atoms with Crippen molar-refractivity contribution in [3.05, 3.63) is 0 Å². The fourth-order valence-corrected chi connectivity index (χ4v) is 0.289. The monoisotopic (exact) mass is 108 g/mol. The van der Waals surface area contributed by atoms with Crippen LogP contribution in [0.15, 0.2) is 0 Å². The molecule has 0 spiro atoms. The zero-order chi connectivity index (χ0) is 4.99. The molecule has 0 heterocycles. The molecule has 0 bridgehead atoms. The second-order valence-electron chi connectivity index (χ2n) is 0.850. The van der Waals surface area contributed by atoms with Crippen LogP contribution in [0.2, 0.25) is 0 Å². The molecule has 0 aliphatic heterocycles. The first-order valence-corrected chi connectivity index (χ1v) is 2.41. The van der Waals surface area contributed by atoms with Crippen LogP contribution in [0.3, 0.4) is 0 Å². The topological polar surface area (TPSA) is 0 Å². The van der Waals surface area contributed by atoms with E-state index in [4.69, 9.17) is 7.74 Å². The van der Waals surface area contributed by atoms with Gasteiger partial charge in [0.05, 0.1) is 0 Å². The van der Waals surface area contributed by atoms with Gasteiger partial charge in [-0.05, 0) is 0 Å². The quantitative estimate of drug-likeness (QED) is 0.447. The molecule has 0 N–H and O–H groups in total. The van der Waals surface area contributed by atoms with Crippen molar-refractivity contribution in [2.75, 3.05) is 0 Å². The Bertz CT molecular complexity index is 50.6. The molecule has 24 valence electrons. The molecule has 0 fully saturated rings. The summed E-state index contributed by atoms with van der Waals surface area (Å²) < 4.78 is 0. The fraction of sp³-hybridized carbons (Fsp3) is 0. The molecule has 6 heavy (non-hydrogen) atoms. The molecule has 0 saturated carbocycles. The molecular formula is B4S2. The van der Waals surface area contributed by atoms with Crippen LogP contribution in [-0.2, 0) is 0 Å². The molecule has 0 atom stereocenters. The Morgan fingerprint density at radius 2 is 1.67 bits per heavy atom. The molecule has 0 aromatic heterocycles. The van der Waals surface area contributed by atoms with Gasteiger partial charge in [0.1, 0.15) is 0 Å². The second kappa shape index (κ2) is 3.88. The Balaban J connectivity index is 3.21. The molecular weight excluding hydrogens is 107 g/mol. The van der Waals surface area contributed by atoms with Gasteiger partial charge in [0, 0.05) is 0 Å². The molecule has 0 aromatic carbocycles. The molecule has 0 rings (SSSR count). The van der Waals surface area contributed by atoms with Crippen molar-refractivity contribution < 1.29 is 0 Å². The van der Waals surface area contributed by atoms with Gasteiger partial charge in [0.15, 0.2) is 0 Å². The van der Waals surface area contributed by atoms with Gasteiger partial charge in [0.2, 0.25) is 0 Å². The van der Waals surface area contributed by atoms with Crippen LogP contribution < -0.4 is 0 Å². The number of hydrogen-bond acceptors (Lipinski definition) is 2. The third-order valence-electron chi connectivity index (χ3n) is 0.314. The zero-order valence-electron chi connectivity index (χ0n) is 3.13. The van der Waals surface area contributed by atoms with E-state index in [-0.39, 0.29) is 6.39 Å². The maximum absolute atomic E-state index is 5.15. The Kier molecular flexibility index (Phi) is 4.33. The molecule has 0 unspecified atom stereocenters. The van der Waals surface area contributed by atoms with Crippen molar-refractivity contribution in [3.63, 3.8) is 0 Å². The van der Waals surface area contributed by atoms with E-state index in [1.54, 1.807) is 0 Å². The summed E-state index contributed by atoms with van der Waals surface area (Å²) in [7, 11) is 5.15. The van der Waals surface area contributed by atoms with Crippen LogP contribution in [0.25, 0.3) is 0 Å². The van der Waals surface area contributed by atoms with Crippen molar-refractivity contribution in [1.29, 1.82) is 0 Å². The Hall–Kier alpha value is 0.700. The van der Waals surface area contributed by atoms with Crippen LogP contribution >= 0.6 is 24.1 Å². The van der Waals surface area contributed by atoms with Gasteiger partial charge in [-0.1, -0.05) is 0 Å². The molecule has 2 radical (unpaired) electrons. The first-order valence-electron chi connectivity index (χ1n) is 1.47. The summed E-state index contributed by atoms with van der Waals surface area (Å²) in [4.78, 5) is 0. The summed E-state index contributed by atoms with van der Waals surface area (Å²) in [5, 5.41) is 0. The fourth-order valence-electron chi connectivity index (χ4n) is 0.0321. The third-order valence-corrected chi connectivity index (χ3v) is 0.943. The summed E-state index contributed by atoms with van der Waals surface area (Å²) >= 11 is 8.85.